The highest BCUT2D eigenvalue weighted by Gasteiger charge is 2.47. The van der Waals surface area contributed by atoms with Crippen molar-refractivity contribution < 1.29 is 9.21 Å². The lowest BCUT2D eigenvalue weighted by atomic mass is 9.52. The van der Waals surface area contributed by atoms with Crippen LogP contribution in [0.25, 0.3) is 0 Å². The van der Waals surface area contributed by atoms with Crippen molar-refractivity contribution in [1.82, 2.24) is 19.8 Å². The van der Waals surface area contributed by atoms with Gasteiger partial charge in [-0.05, 0) is 87.3 Å². The molecule has 4 bridgehead atoms. The van der Waals surface area contributed by atoms with Crippen molar-refractivity contribution in [2.24, 2.45) is 29.6 Å². The number of likely N-dealkylation sites (N-methyl/N-ethyl adjacent to an activating group) is 1. The third-order valence-electron chi connectivity index (χ3n) is 8.70. The van der Waals surface area contributed by atoms with Crippen LogP contribution in [0.15, 0.2) is 29.1 Å². The zero-order valence-corrected chi connectivity index (χ0v) is 19.6. The minimum absolute atomic E-state index is 0.136. The number of carbonyl (C=O) groups excluding carboxylic acids is 1. The molecule has 4 saturated carbocycles. The van der Waals surface area contributed by atoms with Crippen LogP contribution in [0.1, 0.15) is 49.1 Å². The first-order valence-corrected chi connectivity index (χ1v) is 12.7. The van der Waals surface area contributed by atoms with Gasteiger partial charge in [0.25, 0.3) is 0 Å². The Morgan fingerprint density at radius 2 is 1.97 bits per heavy atom. The number of nitrogens with zero attached hydrogens (tertiary/aromatic N) is 4. The van der Waals surface area contributed by atoms with Gasteiger partial charge in [-0.3, -0.25) is 9.69 Å². The van der Waals surface area contributed by atoms with E-state index in [4.69, 9.17) is 4.42 Å². The van der Waals surface area contributed by atoms with E-state index in [9.17, 15) is 4.79 Å². The first kappa shape index (κ1) is 21.1. The lowest BCUT2D eigenvalue weighted by molar-refractivity contribution is -0.133. The number of nitrogens with one attached hydrogen (secondary N) is 1. The third-order valence-corrected chi connectivity index (χ3v) is 8.70. The average molecular weight is 450 g/mol. The predicted octanol–water partition coefficient (Wildman–Crippen LogP) is 3.57. The fourth-order valence-corrected chi connectivity index (χ4v) is 7.36. The first-order chi connectivity index (χ1) is 16.1. The molecule has 176 valence electrons. The van der Waals surface area contributed by atoms with Crippen LogP contribution in [-0.2, 0) is 24.3 Å². The Morgan fingerprint density at radius 3 is 2.70 bits per heavy atom. The molecule has 2 aromatic heterocycles. The summed E-state index contributed by atoms with van der Waals surface area (Å²) >= 11 is 0. The smallest absolute Gasteiger partial charge is 0.237 e. The number of aromatic nitrogens is 2. The Balaban J connectivity index is 1.06. The van der Waals surface area contributed by atoms with Gasteiger partial charge >= 0.3 is 0 Å². The highest BCUT2D eigenvalue weighted by molar-refractivity contribution is 5.78. The van der Waals surface area contributed by atoms with Gasteiger partial charge in [0.05, 0.1) is 31.6 Å². The zero-order valence-electron chi connectivity index (χ0n) is 19.6. The zero-order chi connectivity index (χ0) is 22.4. The van der Waals surface area contributed by atoms with E-state index in [0.717, 1.165) is 66.4 Å². The fraction of sp³-hybridized carbons (Fsp3) is 0.654. The molecule has 0 unspecified atom stereocenters. The summed E-state index contributed by atoms with van der Waals surface area (Å²) in [6, 6.07) is 3.81. The third kappa shape index (κ3) is 4.27. The molecule has 7 heteroatoms. The van der Waals surface area contributed by atoms with E-state index < -0.39 is 0 Å². The Labute approximate surface area is 195 Å². The highest BCUT2D eigenvalue weighted by atomic mass is 16.3. The van der Waals surface area contributed by atoms with E-state index in [0.29, 0.717) is 19.6 Å². The molecule has 3 heterocycles. The fourth-order valence-electron chi connectivity index (χ4n) is 7.36. The van der Waals surface area contributed by atoms with Gasteiger partial charge in [0.2, 0.25) is 5.91 Å². The van der Waals surface area contributed by atoms with Gasteiger partial charge in [-0.25, -0.2) is 9.97 Å². The maximum absolute atomic E-state index is 12.9. The van der Waals surface area contributed by atoms with Crippen molar-refractivity contribution in [3.05, 3.63) is 41.7 Å². The molecule has 5 aliphatic rings. The van der Waals surface area contributed by atoms with E-state index >= 15 is 0 Å². The molecule has 1 aliphatic heterocycles. The summed E-state index contributed by atoms with van der Waals surface area (Å²) < 4.78 is 5.40. The molecular weight excluding hydrogens is 414 g/mol. The van der Waals surface area contributed by atoms with Gasteiger partial charge < -0.3 is 14.6 Å². The molecule has 0 atom stereocenters. The lowest BCUT2D eigenvalue weighted by Gasteiger charge is -2.54. The van der Waals surface area contributed by atoms with E-state index in [2.05, 4.69) is 15.3 Å². The van der Waals surface area contributed by atoms with Crippen LogP contribution in [0.2, 0.25) is 0 Å². The summed E-state index contributed by atoms with van der Waals surface area (Å²) in [6.45, 7) is 3.33. The van der Waals surface area contributed by atoms with Crippen molar-refractivity contribution in [3.8, 4) is 0 Å². The van der Waals surface area contributed by atoms with Crippen LogP contribution in [-0.4, -0.2) is 52.4 Å². The summed E-state index contributed by atoms with van der Waals surface area (Å²) in [6.07, 6.45) is 11.4. The number of furan rings is 1. The Morgan fingerprint density at radius 1 is 1.18 bits per heavy atom. The molecule has 4 fully saturated rings. The molecule has 2 aromatic rings. The summed E-state index contributed by atoms with van der Waals surface area (Å²) in [4.78, 5) is 26.0. The monoisotopic (exact) mass is 449 g/mol. The molecule has 0 saturated heterocycles. The van der Waals surface area contributed by atoms with Crippen LogP contribution in [0.4, 0.5) is 5.82 Å². The molecule has 4 aliphatic carbocycles. The first-order valence-electron chi connectivity index (χ1n) is 12.7. The normalized spacial score (nSPS) is 30.0. The molecular formula is C26H35N5O2. The second-order valence-electron chi connectivity index (χ2n) is 10.9. The maximum Gasteiger partial charge on any atom is 0.237 e. The van der Waals surface area contributed by atoms with Gasteiger partial charge in [0.15, 0.2) is 0 Å². The standard InChI is InChI=1S/C26H35N5O2/c1-30(13-21-3-2-6-33-21)15-25(32)31-5-4-22-24(14-31)28-16-29-26(22)27-12-23-19-8-17-7-18(10-19)11-20(23)9-17/h2-3,6,16-20,23H,4-5,7-15H2,1H3,(H,27,28,29). The van der Waals surface area contributed by atoms with Gasteiger partial charge in [0.1, 0.15) is 17.9 Å². The van der Waals surface area contributed by atoms with Crippen LogP contribution in [0.5, 0.6) is 0 Å². The number of carbonyl (C=O) groups is 1. The van der Waals surface area contributed by atoms with E-state index in [1.54, 1.807) is 12.6 Å². The average Bonchev–Trinajstić information content (AvgIpc) is 3.30. The molecule has 1 amide bonds. The topological polar surface area (TPSA) is 74.5 Å². The minimum atomic E-state index is 0.136. The number of hydrogen-bond acceptors (Lipinski definition) is 6. The molecule has 1 N–H and O–H groups in total. The van der Waals surface area contributed by atoms with Gasteiger partial charge in [0, 0.05) is 18.7 Å². The van der Waals surface area contributed by atoms with Crippen LogP contribution in [0, 0.1) is 29.6 Å². The summed E-state index contributed by atoms with van der Waals surface area (Å²) in [7, 11) is 1.95. The number of amides is 1. The molecule has 33 heavy (non-hydrogen) atoms. The molecule has 7 nitrogen and oxygen atoms in total. The van der Waals surface area contributed by atoms with E-state index in [1.165, 1.54) is 37.7 Å². The summed E-state index contributed by atoms with van der Waals surface area (Å²) in [5, 5.41) is 3.73. The van der Waals surface area contributed by atoms with Crippen molar-refractivity contribution in [3.63, 3.8) is 0 Å². The molecule has 7 rings (SSSR count). The molecule has 0 aromatic carbocycles. The van der Waals surface area contributed by atoms with Crippen molar-refractivity contribution in [2.45, 2.75) is 51.6 Å². The van der Waals surface area contributed by atoms with E-state index in [-0.39, 0.29) is 5.91 Å². The molecule has 0 spiro atoms. The van der Waals surface area contributed by atoms with Crippen LogP contribution in [0.3, 0.4) is 0 Å². The second-order valence-corrected chi connectivity index (χ2v) is 10.9. The number of rotatable bonds is 7. The second kappa shape index (κ2) is 8.75. The number of hydrogen-bond donors (Lipinski definition) is 1. The van der Waals surface area contributed by atoms with Gasteiger partial charge in [-0.2, -0.15) is 0 Å². The largest absolute Gasteiger partial charge is 0.468 e. The predicted molar refractivity (Wildman–Crippen MR) is 125 cm³/mol. The van der Waals surface area contributed by atoms with Crippen LogP contribution < -0.4 is 5.32 Å². The highest BCUT2D eigenvalue weighted by Crippen LogP contribution is 2.56. The minimum Gasteiger partial charge on any atom is -0.468 e. The summed E-state index contributed by atoms with van der Waals surface area (Å²) in [5.74, 6) is 6.66. The quantitative estimate of drug-likeness (QED) is 0.697. The van der Waals surface area contributed by atoms with E-state index in [1.807, 2.05) is 29.0 Å². The van der Waals surface area contributed by atoms with Crippen molar-refractivity contribution in [1.29, 1.82) is 0 Å². The SMILES string of the molecule is CN(CC(=O)N1CCc2c(ncnc2NCC2C3CC4CC(C3)CC2C4)C1)Cc1ccco1. The Bertz CT molecular complexity index is 963. The lowest BCUT2D eigenvalue weighted by Crippen LogP contribution is -2.47. The molecule has 0 radical (unpaired) electrons. The Kier molecular flexibility index (Phi) is 5.60. The van der Waals surface area contributed by atoms with Gasteiger partial charge in [-0.1, -0.05) is 0 Å². The number of anilines is 1. The van der Waals surface area contributed by atoms with Crippen molar-refractivity contribution >= 4 is 11.7 Å². The summed E-state index contributed by atoms with van der Waals surface area (Å²) in [5.41, 5.74) is 2.19. The van der Waals surface area contributed by atoms with Crippen molar-refractivity contribution in [2.75, 3.05) is 32.0 Å². The van der Waals surface area contributed by atoms with Crippen LogP contribution >= 0.6 is 0 Å². The van der Waals surface area contributed by atoms with Gasteiger partial charge in [-0.15, -0.1) is 0 Å². The Hall–Kier alpha value is -2.41. The maximum atomic E-state index is 12.9. The number of fused-ring (bicyclic) bond motifs is 1.